The Hall–Kier alpha value is -1.56. The zero-order valence-electron chi connectivity index (χ0n) is 9.56. The van der Waals surface area contributed by atoms with E-state index in [2.05, 4.69) is 10.1 Å². The number of anilines is 1. The molecule has 1 N–H and O–H groups in total. The number of esters is 1. The van der Waals surface area contributed by atoms with E-state index in [0.717, 1.165) is 25.9 Å². The predicted molar refractivity (Wildman–Crippen MR) is 65.5 cm³/mol. The topological polar surface area (TPSA) is 58.6 Å². The molecule has 1 aromatic heterocycles. The van der Waals surface area contributed by atoms with Crippen molar-refractivity contribution in [3.05, 3.63) is 17.0 Å². The first kappa shape index (κ1) is 11.9. The molecule has 0 bridgehead atoms. The average Bonchev–Trinajstić information content (AvgIpc) is 2.98. The maximum atomic E-state index is 11.8. The van der Waals surface area contributed by atoms with Crippen LogP contribution in [0.4, 0.5) is 9.80 Å². The minimum absolute atomic E-state index is 0.143. The number of hydrogen-bond donors (Lipinski definition) is 1. The number of rotatable bonds is 2. The number of urea groups is 1. The van der Waals surface area contributed by atoms with Gasteiger partial charge in [0.15, 0.2) is 0 Å². The van der Waals surface area contributed by atoms with E-state index in [4.69, 9.17) is 0 Å². The third-order valence-corrected chi connectivity index (χ3v) is 3.51. The molecule has 5 nitrogen and oxygen atoms in total. The Kier molecular flexibility index (Phi) is 3.63. The largest absolute Gasteiger partial charge is 0.465 e. The summed E-state index contributed by atoms with van der Waals surface area (Å²) in [5.41, 5.74) is 0.407. The normalized spacial score (nSPS) is 14.8. The molecule has 92 valence electrons. The summed E-state index contributed by atoms with van der Waals surface area (Å²) in [7, 11) is 1.33. The van der Waals surface area contributed by atoms with Crippen LogP contribution in [-0.2, 0) is 4.74 Å². The van der Waals surface area contributed by atoms with Crippen LogP contribution >= 0.6 is 11.3 Å². The first-order chi connectivity index (χ1) is 8.22. The van der Waals surface area contributed by atoms with Crippen molar-refractivity contribution in [2.75, 3.05) is 25.5 Å². The summed E-state index contributed by atoms with van der Waals surface area (Å²) in [5.74, 6) is -0.428. The Labute approximate surface area is 103 Å². The molecule has 0 saturated carbocycles. The zero-order chi connectivity index (χ0) is 12.3. The minimum Gasteiger partial charge on any atom is -0.465 e. The van der Waals surface area contributed by atoms with Crippen LogP contribution in [0.5, 0.6) is 0 Å². The van der Waals surface area contributed by atoms with Gasteiger partial charge >= 0.3 is 12.0 Å². The molecule has 2 rings (SSSR count). The Morgan fingerprint density at radius 2 is 2.12 bits per heavy atom. The van der Waals surface area contributed by atoms with Crippen molar-refractivity contribution in [1.82, 2.24) is 4.90 Å². The van der Waals surface area contributed by atoms with Gasteiger partial charge < -0.3 is 9.64 Å². The van der Waals surface area contributed by atoms with Gasteiger partial charge in [-0.2, -0.15) is 0 Å². The fourth-order valence-electron chi connectivity index (χ4n) is 1.77. The van der Waals surface area contributed by atoms with Gasteiger partial charge in [-0.15, -0.1) is 11.3 Å². The third-order valence-electron chi connectivity index (χ3n) is 2.68. The van der Waals surface area contributed by atoms with Crippen LogP contribution in [0.1, 0.15) is 23.2 Å². The van der Waals surface area contributed by atoms with Gasteiger partial charge in [0, 0.05) is 13.1 Å². The van der Waals surface area contributed by atoms with Crippen LogP contribution in [0, 0.1) is 0 Å². The quantitative estimate of drug-likeness (QED) is 0.823. The van der Waals surface area contributed by atoms with Crippen molar-refractivity contribution in [2.45, 2.75) is 12.8 Å². The van der Waals surface area contributed by atoms with E-state index in [0.29, 0.717) is 10.6 Å². The highest BCUT2D eigenvalue weighted by Gasteiger charge is 2.21. The summed E-state index contributed by atoms with van der Waals surface area (Å²) in [6, 6.07) is 1.51. The Bertz CT molecular complexity index is 424. The second-order valence-electron chi connectivity index (χ2n) is 3.78. The lowest BCUT2D eigenvalue weighted by atomic mass is 10.3. The molecule has 0 aliphatic carbocycles. The summed E-state index contributed by atoms with van der Waals surface area (Å²) in [4.78, 5) is 25.0. The number of nitrogens with one attached hydrogen (secondary N) is 1. The number of thiophene rings is 1. The van der Waals surface area contributed by atoms with E-state index >= 15 is 0 Å². The lowest BCUT2D eigenvalue weighted by Gasteiger charge is -2.15. The van der Waals surface area contributed by atoms with E-state index in [1.165, 1.54) is 18.4 Å². The van der Waals surface area contributed by atoms with Gasteiger partial charge in [-0.05, 0) is 24.3 Å². The van der Waals surface area contributed by atoms with Gasteiger partial charge in [0.2, 0.25) is 0 Å². The number of amides is 2. The second-order valence-corrected chi connectivity index (χ2v) is 4.70. The van der Waals surface area contributed by atoms with Crippen molar-refractivity contribution in [3.63, 3.8) is 0 Å². The van der Waals surface area contributed by atoms with E-state index in [9.17, 15) is 9.59 Å². The molecule has 6 heteroatoms. The fraction of sp³-hybridized carbons (Fsp3) is 0.455. The molecule has 0 aromatic carbocycles. The van der Waals surface area contributed by atoms with Gasteiger partial charge in [-0.1, -0.05) is 0 Å². The SMILES string of the molecule is COC(=O)c1ccsc1NC(=O)N1CCCC1. The van der Waals surface area contributed by atoms with E-state index in [1.807, 2.05) is 0 Å². The molecule has 17 heavy (non-hydrogen) atoms. The molecular formula is C11H14N2O3S. The Balaban J connectivity index is 2.05. The molecule has 0 radical (unpaired) electrons. The van der Waals surface area contributed by atoms with Gasteiger partial charge in [0.05, 0.1) is 12.7 Å². The van der Waals surface area contributed by atoms with Crippen molar-refractivity contribution < 1.29 is 14.3 Å². The predicted octanol–water partition coefficient (Wildman–Crippen LogP) is 2.16. The molecule has 1 aliphatic rings. The minimum atomic E-state index is -0.428. The summed E-state index contributed by atoms with van der Waals surface area (Å²) >= 11 is 1.32. The molecular weight excluding hydrogens is 240 g/mol. The monoisotopic (exact) mass is 254 g/mol. The van der Waals surface area contributed by atoms with E-state index < -0.39 is 5.97 Å². The molecule has 1 fully saturated rings. The maximum absolute atomic E-state index is 11.8. The first-order valence-corrected chi connectivity index (χ1v) is 6.32. The van der Waals surface area contributed by atoms with Gasteiger partial charge in [0.1, 0.15) is 5.00 Å². The van der Waals surface area contributed by atoms with Gasteiger partial charge in [0.25, 0.3) is 0 Å². The Morgan fingerprint density at radius 1 is 1.41 bits per heavy atom. The summed E-state index contributed by atoms with van der Waals surface area (Å²) in [5, 5.41) is 5.06. The highest BCUT2D eigenvalue weighted by Crippen LogP contribution is 2.24. The molecule has 1 saturated heterocycles. The van der Waals surface area contributed by atoms with Crippen LogP contribution in [0.15, 0.2) is 11.4 Å². The summed E-state index contributed by atoms with van der Waals surface area (Å²) < 4.78 is 4.65. The average molecular weight is 254 g/mol. The molecule has 1 aromatic rings. The lowest BCUT2D eigenvalue weighted by molar-refractivity contribution is 0.0602. The van der Waals surface area contributed by atoms with Crippen LogP contribution < -0.4 is 5.32 Å². The summed E-state index contributed by atoms with van der Waals surface area (Å²) in [6.45, 7) is 1.57. The number of ether oxygens (including phenoxy) is 1. The maximum Gasteiger partial charge on any atom is 0.340 e. The molecule has 0 spiro atoms. The number of methoxy groups -OCH3 is 1. The lowest BCUT2D eigenvalue weighted by Crippen LogP contribution is -2.32. The molecule has 1 aliphatic heterocycles. The fourth-order valence-corrected chi connectivity index (χ4v) is 2.54. The number of carbonyl (C=O) groups excluding carboxylic acids is 2. The van der Waals surface area contributed by atoms with Crippen LogP contribution in [0.25, 0.3) is 0 Å². The number of likely N-dealkylation sites (tertiary alicyclic amines) is 1. The zero-order valence-corrected chi connectivity index (χ0v) is 10.4. The van der Waals surface area contributed by atoms with E-state index in [1.54, 1.807) is 16.3 Å². The van der Waals surface area contributed by atoms with Crippen molar-refractivity contribution >= 4 is 28.3 Å². The highest BCUT2D eigenvalue weighted by atomic mass is 32.1. The van der Waals surface area contributed by atoms with Crippen molar-refractivity contribution in [3.8, 4) is 0 Å². The standard InChI is InChI=1S/C11H14N2O3S/c1-16-10(14)8-4-7-17-9(8)12-11(15)13-5-2-3-6-13/h4,7H,2-3,5-6H2,1H3,(H,12,15). The second kappa shape index (κ2) is 5.18. The van der Waals surface area contributed by atoms with Gasteiger partial charge in [-0.25, -0.2) is 9.59 Å². The number of carbonyl (C=O) groups is 2. The summed E-state index contributed by atoms with van der Waals surface area (Å²) in [6.07, 6.45) is 2.09. The third kappa shape index (κ3) is 2.58. The van der Waals surface area contributed by atoms with E-state index in [-0.39, 0.29) is 6.03 Å². The highest BCUT2D eigenvalue weighted by molar-refractivity contribution is 7.14. The smallest absolute Gasteiger partial charge is 0.340 e. The molecule has 0 unspecified atom stereocenters. The van der Waals surface area contributed by atoms with Gasteiger partial charge in [-0.3, -0.25) is 5.32 Å². The molecule has 0 atom stereocenters. The first-order valence-electron chi connectivity index (χ1n) is 5.44. The molecule has 2 heterocycles. The van der Waals surface area contributed by atoms with Crippen LogP contribution in [0.2, 0.25) is 0 Å². The Morgan fingerprint density at radius 3 is 2.76 bits per heavy atom. The van der Waals surface area contributed by atoms with Crippen LogP contribution in [0.3, 0.4) is 0 Å². The number of hydrogen-bond acceptors (Lipinski definition) is 4. The van der Waals surface area contributed by atoms with Crippen molar-refractivity contribution in [1.29, 1.82) is 0 Å². The van der Waals surface area contributed by atoms with Crippen LogP contribution in [-0.4, -0.2) is 37.1 Å². The van der Waals surface area contributed by atoms with Crippen molar-refractivity contribution in [2.24, 2.45) is 0 Å². The number of nitrogens with zero attached hydrogens (tertiary/aromatic N) is 1. The molecule has 2 amide bonds.